The molecular formula is C12H19NO4. The fourth-order valence-electron chi connectivity index (χ4n) is 1.33. The minimum absolute atomic E-state index is 0.148. The Morgan fingerprint density at radius 2 is 2.29 bits per heavy atom. The molecule has 0 spiro atoms. The van der Waals surface area contributed by atoms with E-state index in [2.05, 4.69) is 5.32 Å². The number of nitrogens with one attached hydrogen (secondary N) is 1. The van der Waals surface area contributed by atoms with Gasteiger partial charge < -0.3 is 19.6 Å². The average molecular weight is 241 g/mol. The zero-order chi connectivity index (χ0) is 12.9. The number of hydrogen-bond acceptors (Lipinski definition) is 4. The zero-order valence-electron chi connectivity index (χ0n) is 10.4. The Kier molecular flexibility index (Phi) is 4.57. The number of rotatable bonds is 4. The molecule has 0 aromatic carbocycles. The highest BCUT2D eigenvalue weighted by atomic mass is 16.6. The molecule has 0 unspecified atom stereocenters. The largest absolute Gasteiger partial charge is 0.472 e. The van der Waals surface area contributed by atoms with Crippen LogP contribution in [-0.4, -0.2) is 29.4 Å². The first-order chi connectivity index (χ1) is 7.90. The monoisotopic (exact) mass is 241 g/mol. The predicted molar refractivity (Wildman–Crippen MR) is 62.7 cm³/mol. The van der Waals surface area contributed by atoms with Crippen LogP contribution in [0.3, 0.4) is 0 Å². The van der Waals surface area contributed by atoms with E-state index in [0.29, 0.717) is 6.42 Å². The first kappa shape index (κ1) is 13.6. The molecule has 17 heavy (non-hydrogen) atoms. The van der Waals surface area contributed by atoms with Gasteiger partial charge in [-0.1, -0.05) is 0 Å². The number of carbonyl (C=O) groups excluding carboxylic acids is 1. The number of aliphatic hydroxyl groups excluding tert-OH is 1. The van der Waals surface area contributed by atoms with E-state index in [1.165, 1.54) is 0 Å². The molecule has 0 radical (unpaired) electrons. The van der Waals surface area contributed by atoms with Crippen LogP contribution in [0.15, 0.2) is 23.0 Å². The fourth-order valence-corrected chi connectivity index (χ4v) is 1.33. The van der Waals surface area contributed by atoms with Crippen molar-refractivity contribution in [3.63, 3.8) is 0 Å². The summed E-state index contributed by atoms with van der Waals surface area (Å²) < 4.78 is 10.0. The molecule has 0 fully saturated rings. The summed E-state index contributed by atoms with van der Waals surface area (Å²) in [6.07, 6.45) is 3.11. The standard InChI is InChI=1S/C12H19NO4/c1-12(2,3)17-11(15)13-10(7-14)6-9-4-5-16-8-9/h4-5,8,10,14H,6-7H2,1-3H3,(H,13,15)/t10-/m1/s1. The molecule has 5 heteroatoms. The van der Waals surface area contributed by atoms with Crippen molar-refractivity contribution in [2.24, 2.45) is 0 Å². The zero-order valence-corrected chi connectivity index (χ0v) is 10.4. The Bertz CT molecular complexity index is 340. The lowest BCUT2D eigenvalue weighted by atomic mass is 10.1. The smallest absolute Gasteiger partial charge is 0.407 e. The molecular weight excluding hydrogens is 222 g/mol. The van der Waals surface area contributed by atoms with Gasteiger partial charge in [-0.2, -0.15) is 0 Å². The molecule has 0 saturated heterocycles. The summed E-state index contributed by atoms with van der Waals surface area (Å²) in [6, 6.07) is 1.42. The third-order valence-electron chi connectivity index (χ3n) is 2.00. The van der Waals surface area contributed by atoms with E-state index in [-0.39, 0.29) is 12.6 Å². The number of furan rings is 1. The van der Waals surface area contributed by atoms with E-state index in [9.17, 15) is 9.90 Å². The number of amides is 1. The highest BCUT2D eigenvalue weighted by Gasteiger charge is 2.19. The predicted octanol–water partition coefficient (Wildman–Crippen LogP) is 1.71. The summed E-state index contributed by atoms with van der Waals surface area (Å²) in [5.74, 6) is 0. The summed E-state index contributed by atoms with van der Waals surface area (Å²) in [7, 11) is 0. The maximum Gasteiger partial charge on any atom is 0.407 e. The molecule has 0 aliphatic heterocycles. The number of hydrogen-bond donors (Lipinski definition) is 2. The maximum absolute atomic E-state index is 11.5. The topological polar surface area (TPSA) is 71.7 Å². The number of carbonyl (C=O) groups is 1. The van der Waals surface area contributed by atoms with Gasteiger partial charge in [-0.25, -0.2) is 4.79 Å². The van der Waals surface area contributed by atoms with Gasteiger partial charge in [0.25, 0.3) is 0 Å². The lowest BCUT2D eigenvalue weighted by molar-refractivity contribution is 0.0483. The van der Waals surface area contributed by atoms with Gasteiger partial charge in [0.2, 0.25) is 0 Å². The highest BCUT2D eigenvalue weighted by Crippen LogP contribution is 2.08. The summed E-state index contributed by atoms with van der Waals surface area (Å²) in [4.78, 5) is 11.5. The van der Waals surface area contributed by atoms with Gasteiger partial charge in [0.1, 0.15) is 5.60 Å². The Balaban J connectivity index is 2.44. The summed E-state index contributed by atoms with van der Waals surface area (Å²) in [5.41, 5.74) is 0.375. The number of alkyl carbamates (subject to hydrolysis) is 1. The van der Waals surface area contributed by atoms with Crippen molar-refractivity contribution in [3.05, 3.63) is 24.2 Å². The molecule has 96 valence electrons. The van der Waals surface area contributed by atoms with E-state index in [1.54, 1.807) is 39.4 Å². The second-order valence-electron chi connectivity index (χ2n) is 4.86. The van der Waals surface area contributed by atoms with E-state index in [4.69, 9.17) is 9.15 Å². The molecule has 0 aliphatic carbocycles. The SMILES string of the molecule is CC(C)(C)OC(=O)N[C@@H](CO)Cc1ccoc1. The minimum Gasteiger partial charge on any atom is -0.472 e. The van der Waals surface area contributed by atoms with E-state index >= 15 is 0 Å². The van der Waals surface area contributed by atoms with E-state index in [0.717, 1.165) is 5.56 Å². The Morgan fingerprint density at radius 3 is 2.76 bits per heavy atom. The summed E-state index contributed by atoms with van der Waals surface area (Å²) >= 11 is 0. The molecule has 2 N–H and O–H groups in total. The Morgan fingerprint density at radius 1 is 1.59 bits per heavy atom. The van der Waals surface area contributed by atoms with Crippen molar-refractivity contribution < 1.29 is 19.1 Å². The average Bonchev–Trinajstić information content (AvgIpc) is 2.66. The molecule has 1 rings (SSSR count). The molecule has 1 heterocycles. The van der Waals surface area contributed by atoms with Crippen molar-refractivity contribution >= 4 is 6.09 Å². The molecule has 1 amide bonds. The molecule has 1 atom stereocenters. The molecule has 0 bridgehead atoms. The van der Waals surface area contributed by atoms with Crippen LogP contribution >= 0.6 is 0 Å². The second-order valence-corrected chi connectivity index (χ2v) is 4.86. The third kappa shape index (κ3) is 5.40. The number of aliphatic hydroxyl groups is 1. The van der Waals surface area contributed by atoms with E-state index in [1.807, 2.05) is 0 Å². The molecule has 5 nitrogen and oxygen atoms in total. The van der Waals surface area contributed by atoms with Gasteiger partial charge in [0.15, 0.2) is 0 Å². The van der Waals surface area contributed by atoms with Crippen LogP contribution in [0.4, 0.5) is 4.79 Å². The van der Waals surface area contributed by atoms with Crippen molar-refractivity contribution in [2.45, 2.75) is 38.8 Å². The first-order valence-corrected chi connectivity index (χ1v) is 5.52. The second kappa shape index (κ2) is 5.72. The quantitative estimate of drug-likeness (QED) is 0.841. The van der Waals surface area contributed by atoms with Gasteiger partial charge in [-0.3, -0.25) is 0 Å². The Hall–Kier alpha value is -1.49. The van der Waals surface area contributed by atoms with Crippen molar-refractivity contribution in [1.29, 1.82) is 0 Å². The molecule has 0 saturated carbocycles. The van der Waals surface area contributed by atoms with Crippen molar-refractivity contribution in [3.8, 4) is 0 Å². The third-order valence-corrected chi connectivity index (χ3v) is 2.00. The number of ether oxygens (including phenoxy) is 1. The minimum atomic E-state index is -0.542. The van der Waals surface area contributed by atoms with Crippen LogP contribution < -0.4 is 5.32 Å². The van der Waals surface area contributed by atoms with Crippen LogP contribution in [0.5, 0.6) is 0 Å². The first-order valence-electron chi connectivity index (χ1n) is 5.52. The van der Waals surface area contributed by atoms with E-state index < -0.39 is 11.7 Å². The van der Waals surface area contributed by atoms with Crippen LogP contribution in [0.25, 0.3) is 0 Å². The van der Waals surface area contributed by atoms with Gasteiger partial charge >= 0.3 is 6.09 Å². The van der Waals surface area contributed by atoms with Crippen molar-refractivity contribution in [1.82, 2.24) is 5.32 Å². The lowest BCUT2D eigenvalue weighted by Crippen LogP contribution is -2.42. The maximum atomic E-state index is 11.5. The molecule has 1 aromatic rings. The van der Waals surface area contributed by atoms with Gasteiger partial charge in [0.05, 0.1) is 25.2 Å². The van der Waals surface area contributed by atoms with Gasteiger partial charge in [-0.05, 0) is 38.8 Å². The molecule has 0 aliphatic rings. The van der Waals surface area contributed by atoms with Crippen LogP contribution in [0.1, 0.15) is 26.3 Å². The van der Waals surface area contributed by atoms with Crippen molar-refractivity contribution in [2.75, 3.05) is 6.61 Å². The normalized spacial score (nSPS) is 13.2. The lowest BCUT2D eigenvalue weighted by Gasteiger charge is -2.22. The highest BCUT2D eigenvalue weighted by molar-refractivity contribution is 5.68. The van der Waals surface area contributed by atoms with Gasteiger partial charge in [0, 0.05) is 0 Å². The van der Waals surface area contributed by atoms with Crippen LogP contribution in [-0.2, 0) is 11.2 Å². The molecule has 1 aromatic heterocycles. The van der Waals surface area contributed by atoms with Gasteiger partial charge in [-0.15, -0.1) is 0 Å². The van der Waals surface area contributed by atoms with Crippen LogP contribution in [0.2, 0.25) is 0 Å². The fraction of sp³-hybridized carbons (Fsp3) is 0.583. The Labute approximate surface area is 101 Å². The summed E-state index contributed by atoms with van der Waals surface area (Å²) in [5, 5.41) is 11.8. The van der Waals surface area contributed by atoms with Crippen LogP contribution in [0, 0.1) is 0 Å². The summed E-state index contributed by atoms with van der Waals surface area (Å²) in [6.45, 7) is 5.22.